The van der Waals surface area contributed by atoms with E-state index >= 15 is 0 Å². The van der Waals surface area contributed by atoms with Gasteiger partial charge in [0.25, 0.3) is 0 Å². The van der Waals surface area contributed by atoms with Gasteiger partial charge in [0.1, 0.15) is 11.5 Å². The highest BCUT2D eigenvalue weighted by Gasteiger charge is 2.27. The summed E-state index contributed by atoms with van der Waals surface area (Å²) < 4.78 is 6.76. The van der Waals surface area contributed by atoms with E-state index in [0.29, 0.717) is 12.4 Å². The van der Waals surface area contributed by atoms with Crippen LogP contribution in [0, 0.1) is 11.8 Å². The molecule has 0 spiro atoms. The average Bonchev–Trinajstić information content (AvgIpc) is 2.43. The van der Waals surface area contributed by atoms with Gasteiger partial charge in [0, 0.05) is 16.8 Å². The Morgan fingerprint density at radius 1 is 1.32 bits per heavy atom. The molecular formula is C16H21BrO2. The average molecular weight is 325 g/mol. The molecule has 3 heteroatoms. The Bertz CT molecular complexity index is 413. The molecule has 0 heterocycles. The molecule has 104 valence electrons. The highest BCUT2D eigenvalue weighted by Crippen LogP contribution is 2.30. The third-order valence-electron chi connectivity index (χ3n) is 4.00. The molecule has 1 saturated carbocycles. The predicted molar refractivity (Wildman–Crippen MR) is 80.4 cm³/mol. The van der Waals surface area contributed by atoms with E-state index in [4.69, 9.17) is 4.74 Å². The standard InChI is InChI=1S/C16H21BrO2/c1-2-12-3-8-16(18)13(11-12)9-10-19-15-6-4-14(17)5-7-15/h4-7,12-13H,2-3,8-11H2,1H3. The topological polar surface area (TPSA) is 26.3 Å². The summed E-state index contributed by atoms with van der Waals surface area (Å²) in [5.41, 5.74) is 0. The maximum Gasteiger partial charge on any atom is 0.136 e. The molecule has 2 unspecified atom stereocenters. The normalized spacial score (nSPS) is 23.4. The molecule has 0 aromatic heterocycles. The third kappa shape index (κ3) is 4.34. The van der Waals surface area contributed by atoms with Gasteiger partial charge in [-0.05, 0) is 49.4 Å². The lowest BCUT2D eigenvalue weighted by Crippen LogP contribution is -2.26. The first-order chi connectivity index (χ1) is 9.19. The minimum atomic E-state index is 0.217. The molecule has 0 saturated heterocycles. The Balaban J connectivity index is 1.78. The Hall–Kier alpha value is -0.830. The second-order valence-electron chi connectivity index (χ2n) is 5.30. The molecule has 2 rings (SSSR count). The fraction of sp³-hybridized carbons (Fsp3) is 0.562. The molecule has 2 atom stereocenters. The van der Waals surface area contributed by atoms with Crippen LogP contribution in [0.2, 0.25) is 0 Å². The predicted octanol–water partition coefficient (Wildman–Crippen LogP) is 4.61. The summed E-state index contributed by atoms with van der Waals surface area (Å²) in [6, 6.07) is 7.83. The van der Waals surface area contributed by atoms with Gasteiger partial charge in [-0.25, -0.2) is 0 Å². The van der Waals surface area contributed by atoms with Crippen LogP contribution in [-0.4, -0.2) is 12.4 Å². The molecule has 1 aliphatic carbocycles. The molecule has 1 fully saturated rings. The molecule has 0 N–H and O–H groups in total. The summed E-state index contributed by atoms with van der Waals surface area (Å²) in [7, 11) is 0. The van der Waals surface area contributed by atoms with Crippen LogP contribution in [0.5, 0.6) is 5.75 Å². The molecule has 0 radical (unpaired) electrons. The van der Waals surface area contributed by atoms with Crippen molar-refractivity contribution < 1.29 is 9.53 Å². The minimum absolute atomic E-state index is 0.217. The number of halogens is 1. The van der Waals surface area contributed by atoms with Crippen LogP contribution in [0.4, 0.5) is 0 Å². The molecule has 2 nitrogen and oxygen atoms in total. The smallest absolute Gasteiger partial charge is 0.136 e. The van der Waals surface area contributed by atoms with E-state index in [1.807, 2.05) is 24.3 Å². The number of rotatable bonds is 5. The Morgan fingerprint density at radius 2 is 2.05 bits per heavy atom. The molecule has 0 amide bonds. The van der Waals surface area contributed by atoms with Gasteiger partial charge < -0.3 is 4.74 Å². The Morgan fingerprint density at radius 3 is 2.74 bits per heavy atom. The number of benzene rings is 1. The number of ketones is 1. The number of carbonyl (C=O) groups excluding carboxylic acids is 1. The van der Waals surface area contributed by atoms with E-state index in [1.165, 1.54) is 6.42 Å². The van der Waals surface area contributed by atoms with E-state index in [-0.39, 0.29) is 5.92 Å². The molecule has 1 aromatic rings. The SMILES string of the molecule is CCC1CCC(=O)C(CCOc2ccc(Br)cc2)C1. The first-order valence-corrected chi connectivity index (χ1v) is 7.89. The van der Waals surface area contributed by atoms with Crippen LogP contribution >= 0.6 is 15.9 Å². The molecule has 1 aromatic carbocycles. The fourth-order valence-electron chi connectivity index (χ4n) is 2.70. The van der Waals surface area contributed by atoms with E-state index in [1.54, 1.807) is 0 Å². The van der Waals surface area contributed by atoms with Gasteiger partial charge in [0.15, 0.2) is 0 Å². The monoisotopic (exact) mass is 324 g/mol. The van der Waals surface area contributed by atoms with Gasteiger partial charge in [-0.15, -0.1) is 0 Å². The van der Waals surface area contributed by atoms with Crippen LogP contribution in [0.25, 0.3) is 0 Å². The van der Waals surface area contributed by atoms with Crippen LogP contribution in [0.3, 0.4) is 0 Å². The third-order valence-corrected chi connectivity index (χ3v) is 4.53. The number of ether oxygens (including phenoxy) is 1. The van der Waals surface area contributed by atoms with Crippen molar-refractivity contribution in [3.63, 3.8) is 0 Å². The lowest BCUT2D eigenvalue weighted by Gasteiger charge is -2.27. The molecule has 19 heavy (non-hydrogen) atoms. The number of hydrogen-bond acceptors (Lipinski definition) is 2. The number of Topliss-reactive ketones (excluding diaryl/α,β-unsaturated/α-hetero) is 1. The van der Waals surface area contributed by atoms with Crippen molar-refractivity contribution in [2.24, 2.45) is 11.8 Å². The van der Waals surface area contributed by atoms with Crippen LogP contribution in [-0.2, 0) is 4.79 Å². The van der Waals surface area contributed by atoms with Crippen molar-refractivity contribution in [1.82, 2.24) is 0 Å². The van der Waals surface area contributed by atoms with Gasteiger partial charge in [-0.1, -0.05) is 29.3 Å². The van der Waals surface area contributed by atoms with E-state index in [9.17, 15) is 4.79 Å². The zero-order chi connectivity index (χ0) is 13.7. The van der Waals surface area contributed by atoms with Crippen LogP contribution in [0.1, 0.15) is 39.0 Å². The zero-order valence-electron chi connectivity index (χ0n) is 11.4. The number of hydrogen-bond donors (Lipinski definition) is 0. The highest BCUT2D eigenvalue weighted by molar-refractivity contribution is 9.10. The molecule has 0 bridgehead atoms. The Kier molecular flexibility index (Phi) is 5.44. The maximum atomic E-state index is 11.9. The zero-order valence-corrected chi connectivity index (χ0v) is 13.0. The first kappa shape index (κ1) is 14.6. The van der Waals surface area contributed by atoms with Gasteiger partial charge in [0.05, 0.1) is 6.61 Å². The summed E-state index contributed by atoms with van der Waals surface area (Å²) >= 11 is 3.40. The fourth-order valence-corrected chi connectivity index (χ4v) is 2.97. The van der Waals surface area contributed by atoms with Gasteiger partial charge >= 0.3 is 0 Å². The van der Waals surface area contributed by atoms with Crippen molar-refractivity contribution in [3.05, 3.63) is 28.7 Å². The Labute approximate surface area is 123 Å². The second-order valence-corrected chi connectivity index (χ2v) is 6.22. The lowest BCUT2D eigenvalue weighted by molar-refractivity contribution is -0.126. The lowest BCUT2D eigenvalue weighted by atomic mass is 9.78. The van der Waals surface area contributed by atoms with Gasteiger partial charge in [0.2, 0.25) is 0 Å². The summed E-state index contributed by atoms with van der Waals surface area (Å²) in [4.78, 5) is 11.9. The van der Waals surface area contributed by atoms with Crippen molar-refractivity contribution in [1.29, 1.82) is 0 Å². The largest absolute Gasteiger partial charge is 0.494 e. The van der Waals surface area contributed by atoms with E-state index in [2.05, 4.69) is 22.9 Å². The summed E-state index contributed by atoms with van der Waals surface area (Å²) in [6.07, 6.45) is 4.95. The summed E-state index contributed by atoms with van der Waals surface area (Å²) in [5, 5.41) is 0. The maximum absolute atomic E-state index is 11.9. The van der Waals surface area contributed by atoms with Crippen LogP contribution < -0.4 is 4.74 Å². The summed E-state index contributed by atoms with van der Waals surface area (Å²) in [5.74, 6) is 2.26. The first-order valence-electron chi connectivity index (χ1n) is 7.10. The van der Waals surface area contributed by atoms with Crippen molar-refractivity contribution >= 4 is 21.7 Å². The van der Waals surface area contributed by atoms with E-state index in [0.717, 1.165) is 41.8 Å². The van der Waals surface area contributed by atoms with Gasteiger partial charge in [-0.3, -0.25) is 4.79 Å². The van der Waals surface area contributed by atoms with Crippen LogP contribution in [0.15, 0.2) is 28.7 Å². The molecular weight excluding hydrogens is 304 g/mol. The molecule has 0 aliphatic heterocycles. The highest BCUT2D eigenvalue weighted by atomic mass is 79.9. The molecule has 1 aliphatic rings. The van der Waals surface area contributed by atoms with E-state index < -0.39 is 0 Å². The van der Waals surface area contributed by atoms with Crippen molar-refractivity contribution in [2.75, 3.05) is 6.61 Å². The van der Waals surface area contributed by atoms with Crippen molar-refractivity contribution in [2.45, 2.75) is 39.0 Å². The minimum Gasteiger partial charge on any atom is -0.494 e. The quantitative estimate of drug-likeness (QED) is 0.790. The second kappa shape index (κ2) is 7.09. The summed E-state index contributed by atoms with van der Waals surface area (Å²) in [6.45, 7) is 2.85. The van der Waals surface area contributed by atoms with Crippen molar-refractivity contribution in [3.8, 4) is 5.75 Å². The van der Waals surface area contributed by atoms with Gasteiger partial charge in [-0.2, -0.15) is 0 Å². The number of carbonyl (C=O) groups is 1.